The summed E-state index contributed by atoms with van der Waals surface area (Å²) in [4.78, 5) is 11.0. The van der Waals surface area contributed by atoms with E-state index in [-0.39, 0.29) is 5.92 Å². The van der Waals surface area contributed by atoms with Crippen molar-refractivity contribution in [3.05, 3.63) is 35.4 Å². The van der Waals surface area contributed by atoms with Gasteiger partial charge in [0.15, 0.2) is 0 Å². The lowest BCUT2D eigenvalue weighted by Gasteiger charge is -2.16. The molecule has 2 unspecified atom stereocenters. The van der Waals surface area contributed by atoms with Gasteiger partial charge in [-0.15, -0.1) is 0 Å². The number of hydrogen-bond donors (Lipinski definition) is 1. The fourth-order valence-electron chi connectivity index (χ4n) is 2.11. The van der Waals surface area contributed by atoms with Crippen LogP contribution in [0, 0.1) is 12.8 Å². The summed E-state index contributed by atoms with van der Waals surface area (Å²) in [5.74, 6) is -1.16. The van der Waals surface area contributed by atoms with Gasteiger partial charge in [0.2, 0.25) is 0 Å². The zero-order valence-corrected chi connectivity index (χ0v) is 8.64. The first-order valence-electron chi connectivity index (χ1n) is 5.06. The van der Waals surface area contributed by atoms with Gasteiger partial charge in [-0.05, 0) is 18.1 Å². The van der Waals surface area contributed by atoms with Crippen LogP contribution in [0.5, 0.6) is 0 Å². The van der Waals surface area contributed by atoms with Crippen LogP contribution in [-0.2, 0) is 9.53 Å². The number of hydrogen-bond acceptors (Lipinski definition) is 2. The molecule has 1 aliphatic rings. The van der Waals surface area contributed by atoms with E-state index in [0.717, 1.165) is 11.1 Å². The fraction of sp³-hybridized carbons (Fsp3) is 0.417. The Labute approximate surface area is 88.7 Å². The normalized spacial score (nSPS) is 25.4. The molecule has 0 bridgehead atoms. The molecule has 3 nitrogen and oxygen atoms in total. The summed E-state index contributed by atoms with van der Waals surface area (Å²) in [7, 11) is 0. The summed E-state index contributed by atoms with van der Waals surface area (Å²) in [6, 6.07) is 7.90. The van der Waals surface area contributed by atoms with Crippen LogP contribution in [0.15, 0.2) is 24.3 Å². The average molecular weight is 206 g/mol. The smallest absolute Gasteiger partial charge is 0.309 e. The molecule has 80 valence electrons. The minimum absolute atomic E-state index is 0.00343. The zero-order valence-electron chi connectivity index (χ0n) is 8.64. The van der Waals surface area contributed by atoms with Crippen molar-refractivity contribution in [2.75, 3.05) is 13.2 Å². The van der Waals surface area contributed by atoms with Crippen molar-refractivity contribution in [1.29, 1.82) is 0 Å². The highest BCUT2D eigenvalue weighted by atomic mass is 16.5. The largest absolute Gasteiger partial charge is 0.481 e. The quantitative estimate of drug-likeness (QED) is 0.802. The molecule has 0 aromatic heterocycles. The van der Waals surface area contributed by atoms with E-state index in [9.17, 15) is 4.79 Å². The van der Waals surface area contributed by atoms with Gasteiger partial charge >= 0.3 is 5.97 Å². The van der Waals surface area contributed by atoms with E-state index < -0.39 is 11.9 Å². The summed E-state index contributed by atoms with van der Waals surface area (Å²) < 4.78 is 5.26. The van der Waals surface area contributed by atoms with Gasteiger partial charge in [-0.25, -0.2) is 0 Å². The molecule has 15 heavy (non-hydrogen) atoms. The third-order valence-corrected chi connectivity index (χ3v) is 2.99. The van der Waals surface area contributed by atoms with Gasteiger partial charge in [-0.1, -0.05) is 24.3 Å². The van der Waals surface area contributed by atoms with E-state index in [1.165, 1.54) is 0 Å². The highest BCUT2D eigenvalue weighted by molar-refractivity contribution is 5.72. The molecule has 0 aliphatic carbocycles. The van der Waals surface area contributed by atoms with E-state index in [0.29, 0.717) is 13.2 Å². The van der Waals surface area contributed by atoms with Crippen LogP contribution in [0.1, 0.15) is 17.0 Å². The minimum Gasteiger partial charge on any atom is -0.481 e. The van der Waals surface area contributed by atoms with Crippen molar-refractivity contribution < 1.29 is 14.6 Å². The van der Waals surface area contributed by atoms with Crippen molar-refractivity contribution in [3.8, 4) is 0 Å². The Balaban J connectivity index is 2.30. The first-order chi connectivity index (χ1) is 7.20. The van der Waals surface area contributed by atoms with Gasteiger partial charge in [0, 0.05) is 5.92 Å². The maximum atomic E-state index is 11.0. The molecular formula is C12H14O3. The van der Waals surface area contributed by atoms with E-state index in [4.69, 9.17) is 9.84 Å². The maximum Gasteiger partial charge on any atom is 0.309 e. The molecule has 2 atom stereocenters. The van der Waals surface area contributed by atoms with Gasteiger partial charge in [0.05, 0.1) is 19.1 Å². The summed E-state index contributed by atoms with van der Waals surface area (Å²) in [5, 5.41) is 9.06. The van der Waals surface area contributed by atoms with Crippen LogP contribution >= 0.6 is 0 Å². The molecule has 3 heteroatoms. The first kappa shape index (κ1) is 10.2. The molecule has 1 aliphatic heterocycles. The van der Waals surface area contributed by atoms with Crippen molar-refractivity contribution in [2.24, 2.45) is 5.92 Å². The highest BCUT2D eigenvalue weighted by Crippen LogP contribution is 2.32. The molecule has 2 rings (SSSR count). The van der Waals surface area contributed by atoms with Crippen molar-refractivity contribution in [3.63, 3.8) is 0 Å². The van der Waals surface area contributed by atoms with Gasteiger partial charge in [0.25, 0.3) is 0 Å². The van der Waals surface area contributed by atoms with Crippen LogP contribution in [0.25, 0.3) is 0 Å². The average Bonchev–Trinajstić information content (AvgIpc) is 2.67. The number of benzene rings is 1. The lowest BCUT2D eigenvalue weighted by atomic mass is 9.86. The number of aryl methyl sites for hydroxylation is 1. The van der Waals surface area contributed by atoms with Crippen LogP contribution in [0.3, 0.4) is 0 Å². The Morgan fingerprint density at radius 3 is 2.80 bits per heavy atom. The molecule has 1 aromatic carbocycles. The number of rotatable bonds is 2. The lowest BCUT2D eigenvalue weighted by Crippen LogP contribution is -2.20. The Hall–Kier alpha value is -1.35. The molecule has 1 heterocycles. The second-order valence-electron chi connectivity index (χ2n) is 3.95. The van der Waals surface area contributed by atoms with Crippen molar-refractivity contribution in [1.82, 2.24) is 0 Å². The van der Waals surface area contributed by atoms with E-state index in [2.05, 4.69) is 0 Å². The minimum atomic E-state index is -0.763. The molecule has 0 amide bonds. The topological polar surface area (TPSA) is 46.5 Å². The Morgan fingerprint density at radius 2 is 2.13 bits per heavy atom. The van der Waals surface area contributed by atoms with Crippen LogP contribution in [-0.4, -0.2) is 24.3 Å². The number of carbonyl (C=O) groups is 1. The van der Waals surface area contributed by atoms with Crippen molar-refractivity contribution in [2.45, 2.75) is 12.8 Å². The summed E-state index contributed by atoms with van der Waals surface area (Å²) in [5.41, 5.74) is 2.24. The summed E-state index contributed by atoms with van der Waals surface area (Å²) in [6.07, 6.45) is 0. The van der Waals surface area contributed by atoms with Gasteiger partial charge in [-0.3, -0.25) is 4.79 Å². The lowest BCUT2D eigenvalue weighted by molar-refractivity contribution is -0.142. The molecule has 1 fully saturated rings. The van der Waals surface area contributed by atoms with E-state index in [1.807, 2.05) is 31.2 Å². The zero-order chi connectivity index (χ0) is 10.8. The van der Waals surface area contributed by atoms with Crippen LogP contribution in [0.4, 0.5) is 0 Å². The maximum absolute atomic E-state index is 11.0. The highest BCUT2D eigenvalue weighted by Gasteiger charge is 2.35. The van der Waals surface area contributed by atoms with E-state index in [1.54, 1.807) is 0 Å². The molecule has 0 radical (unpaired) electrons. The summed E-state index contributed by atoms with van der Waals surface area (Å²) in [6.45, 7) is 2.85. The standard InChI is InChI=1S/C12H14O3/c1-8-4-2-3-5-9(8)10-6-15-7-11(10)12(13)14/h2-5,10-11H,6-7H2,1H3,(H,13,14). The molecule has 0 saturated carbocycles. The Bertz CT molecular complexity index is 373. The fourth-order valence-corrected chi connectivity index (χ4v) is 2.11. The molecule has 0 spiro atoms. The second kappa shape index (κ2) is 4.03. The molecular weight excluding hydrogens is 192 g/mol. The third-order valence-electron chi connectivity index (χ3n) is 2.99. The second-order valence-corrected chi connectivity index (χ2v) is 3.95. The monoisotopic (exact) mass is 206 g/mol. The van der Waals surface area contributed by atoms with Crippen LogP contribution in [0.2, 0.25) is 0 Å². The van der Waals surface area contributed by atoms with Crippen LogP contribution < -0.4 is 0 Å². The molecule has 1 aromatic rings. The number of carboxylic acid groups (broad SMARTS) is 1. The number of ether oxygens (including phenoxy) is 1. The van der Waals surface area contributed by atoms with E-state index >= 15 is 0 Å². The third kappa shape index (κ3) is 1.88. The SMILES string of the molecule is Cc1ccccc1C1COCC1C(=O)O. The predicted octanol–water partition coefficient (Wildman–Crippen LogP) is 1.81. The van der Waals surface area contributed by atoms with Gasteiger partial charge < -0.3 is 9.84 Å². The number of carboxylic acids is 1. The predicted molar refractivity (Wildman–Crippen MR) is 55.9 cm³/mol. The number of aliphatic carboxylic acids is 1. The van der Waals surface area contributed by atoms with Gasteiger partial charge in [0.1, 0.15) is 0 Å². The Morgan fingerprint density at radius 1 is 1.40 bits per heavy atom. The summed E-state index contributed by atoms with van der Waals surface area (Å²) >= 11 is 0. The molecule has 1 N–H and O–H groups in total. The van der Waals surface area contributed by atoms with Crippen molar-refractivity contribution >= 4 is 5.97 Å². The Kier molecular flexibility index (Phi) is 2.73. The molecule has 1 saturated heterocycles. The first-order valence-corrected chi connectivity index (χ1v) is 5.06. The van der Waals surface area contributed by atoms with Gasteiger partial charge in [-0.2, -0.15) is 0 Å².